The summed E-state index contributed by atoms with van der Waals surface area (Å²) < 4.78 is 12.9. The van der Waals surface area contributed by atoms with Gasteiger partial charge in [-0.05, 0) is 24.4 Å². The van der Waals surface area contributed by atoms with E-state index in [2.05, 4.69) is 20.4 Å². The van der Waals surface area contributed by atoms with Gasteiger partial charge in [0.05, 0.1) is 22.5 Å². The van der Waals surface area contributed by atoms with Gasteiger partial charge in [-0.3, -0.25) is 0 Å². The first-order chi connectivity index (χ1) is 11.7. The lowest BCUT2D eigenvalue weighted by atomic mass is 10.2. The maximum Gasteiger partial charge on any atom is 0.257 e. The zero-order valence-electron chi connectivity index (χ0n) is 13.0. The van der Waals surface area contributed by atoms with Gasteiger partial charge in [-0.15, -0.1) is 31.7 Å². The normalized spacial score (nSPS) is 11.2. The summed E-state index contributed by atoms with van der Waals surface area (Å²) in [6, 6.07) is 5.80. The maximum absolute atomic E-state index is 5.68. The highest BCUT2D eigenvalue weighted by molar-refractivity contribution is 7.98. The molecule has 0 aliphatic carbocycles. The van der Waals surface area contributed by atoms with E-state index in [-0.39, 0.29) is 0 Å². The zero-order valence-corrected chi connectivity index (χ0v) is 14.6. The van der Waals surface area contributed by atoms with Gasteiger partial charge in [0.2, 0.25) is 5.89 Å². The van der Waals surface area contributed by atoms with Crippen molar-refractivity contribution in [2.75, 3.05) is 0 Å². The predicted molar refractivity (Wildman–Crippen MR) is 90.6 cm³/mol. The van der Waals surface area contributed by atoms with Crippen LogP contribution in [0.1, 0.15) is 11.7 Å². The summed E-state index contributed by atoms with van der Waals surface area (Å²) in [4.78, 5) is 0.968. The number of furan rings is 1. The summed E-state index contributed by atoms with van der Waals surface area (Å²) in [5.74, 6) is 3.24. The second-order valence-corrected chi connectivity index (χ2v) is 6.91. The van der Waals surface area contributed by atoms with Crippen LogP contribution in [0.25, 0.3) is 22.2 Å². The summed E-state index contributed by atoms with van der Waals surface area (Å²) in [5.41, 5.74) is 0.939. The second kappa shape index (κ2) is 6.25. The highest BCUT2D eigenvalue weighted by Crippen LogP contribution is 2.28. The van der Waals surface area contributed by atoms with E-state index < -0.39 is 0 Å². The molecule has 0 saturated heterocycles. The van der Waals surface area contributed by atoms with Crippen molar-refractivity contribution in [2.24, 2.45) is 7.05 Å². The summed E-state index contributed by atoms with van der Waals surface area (Å²) in [6.07, 6.45) is 1.65. The van der Waals surface area contributed by atoms with Crippen molar-refractivity contribution in [3.05, 3.63) is 41.5 Å². The van der Waals surface area contributed by atoms with Crippen molar-refractivity contribution in [3.8, 4) is 22.2 Å². The fourth-order valence-corrected chi connectivity index (χ4v) is 3.62. The molecule has 0 fully saturated rings. The lowest BCUT2D eigenvalue weighted by Crippen LogP contribution is -1.95. The molecule has 0 aliphatic rings. The predicted octanol–water partition coefficient (Wildman–Crippen LogP) is 3.79. The van der Waals surface area contributed by atoms with Gasteiger partial charge in [0.25, 0.3) is 5.89 Å². The first-order valence-corrected chi connectivity index (χ1v) is 9.02. The number of hydrogen-bond donors (Lipinski definition) is 0. The molecule has 0 radical (unpaired) electrons. The Morgan fingerprint density at radius 2 is 2.12 bits per heavy atom. The second-order valence-electron chi connectivity index (χ2n) is 5.02. The fourth-order valence-electron chi connectivity index (χ4n) is 2.23. The summed E-state index contributed by atoms with van der Waals surface area (Å²) in [6.45, 7) is 1.90. The summed E-state index contributed by atoms with van der Waals surface area (Å²) >= 11 is 3.07. The zero-order chi connectivity index (χ0) is 16.5. The highest BCUT2D eigenvalue weighted by Gasteiger charge is 2.16. The summed E-state index contributed by atoms with van der Waals surface area (Å²) in [5, 5.41) is 19.4. The van der Waals surface area contributed by atoms with E-state index >= 15 is 0 Å². The number of aryl methyl sites for hydroxylation is 1. The molecular formula is C15H13N5O2S2. The van der Waals surface area contributed by atoms with Crippen molar-refractivity contribution in [1.29, 1.82) is 0 Å². The largest absolute Gasteiger partial charge is 0.469 e. The average molecular weight is 359 g/mol. The van der Waals surface area contributed by atoms with Crippen LogP contribution in [0.5, 0.6) is 0 Å². The number of rotatable bonds is 5. The van der Waals surface area contributed by atoms with Crippen molar-refractivity contribution in [1.82, 2.24) is 25.0 Å². The van der Waals surface area contributed by atoms with Gasteiger partial charge in [-0.1, -0.05) is 17.8 Å². The van der Waals surface area contributed by atoms with Crippen LogP contribution in [0.15, 0.2) is 43.8 Å². The molecule has 9 heteroatoms. The molecule has 0 bridgehead atoms. The minimum atomic E-state index is 0.536. The van der Waals surface area contributed by atoms with E-state index in [9.17, 15) is 0 Å². The van der Waals surface area contributed by atoms with E-state index in [0.29, 0.717) is 17.5 Å². The van der Waals surface area contributed by atoms with Crippen LogP contribution in [0.2, 0.25) is 0 Å². The molecule has 4 aromatic rings. The molecule has 0 amide bonds. The van der Waals surface area contributed by atoms with Crippen LogP contribution >= 0.6 is 23.1 Å². The third kappa shape index (κ3) is 2.76. The third-order valence-electron chi connectivity index (χ3n) is 3.46. The van der Waals surface area contributed by atoms with Gasteiger partial charge in [-0.2, -0.15) is 0 Å². The third-order valence-corrected chi connectivity index (χ3v) is 5.32. The Morgan fingerprint density at radius 1 is 1.21 bits per heavy atom. The Labute approximate surface area is 145 Å². The number of hydrogen-bond acceptors (Lipinski definition) is 8. The van der Waals surface area contributed by atoms with E-state index in [4.69, 9.17) is 8.83 Å². The van der Waals surface area contributed by atoms with Crippen LogP contribution < -0.4 is 0 Å². The first kappa shape index (κ1) is 15.2. The molecule has 0 aromatic carbocycles. The Balaban J connectivity index is 1.49. The lowest BCUT2D eigenvalue weighted by Gasteiger charge is -2.01. The van der Waals surface area contributed by atoms with Crippen LogP contribution in [-0.4, -0.2) is 25.0 Å². The number of nitrogens with zero attached hydrogens (tertiary/aromatic N) is 5. The quantitative estimate of drug-likeness (QED) is 0.501. The minimum absolute atomic E-state index is 0.536. The molecular weight excluding hydrogens is 346 g/mol. The van der Waals surface area contributed by atoms with Gasteiger partial charge in [-0.25, -0.2) is 0 Å². The lowest BCUT2D eigenvalue weighted by molar-refractivity contribution is 0.529. The highest BCUT2D eigenvalue weighted by atomic mass is 32.2. The summed E-state index contributed by atoms with van der Waals surface area (Å²) in [7, 11) is 1.93. The molecule has 122 valence electrons. The van der Waals surface area contributed by atoms with E-state index in [0.717, 1.165) is 27.2 Å². The van der Waals surface area contributed by atoms with Crippen molar-refractivity contribution in [3.63, 3.8) is 0 Å². The van der Waals surface area contributed by atoms with Crippen LogP contribution in [0.3, 0.4) is 0 Å². The SMILES string of the molecule is Cc1occc1-c1nnc(SCc2nnc(-c3cccs3)o2)n1C. The van der Waals surface area contributed by atoms with Crippen LogP contribution in [-0.2, 0) is 12.8 Å². The van der Waals surface area contributed by atoms with E-state index in [1.807, 2.05) is 42.1 Å². The van der Waals surface area contributed by atoms with Crippen LogP contribution in [0.4, 0.5) is 0 Å². The molecule has 7 nitrogen and oxygen atoms in total. The topological polar surface area (TPSA) is 82.8 Å². The van der Waals surface area contributed by atoms with Gasteiger partial charge in [0.15, 0.2) is 11.0 Å². The first-order valence-electron chi connectivity index (χ1n) is 7.15. The number of thioether (sulfide) groups is 1. The molecule has 0 saturated carbocycles. The van der Waals surface area contributed by atoms with Crippen molar-refractivity contribution < 1.29 is 8.83 Å². The van der Waals surface area contributed by atoms with E-state index in [1.165, 1.54) is 11.8 Å². The Bertz CT molecular complexity index is 955. The Kier molecular flexibility index (Phi) is 3.95. The van der Waals surface area contributed by atoms with Crippen molar-refractivity contribution >= 4 is 23.1 Å². The molecule has 0 spiro atoms. The van der Waals surface area contributed by atoms with Crippen LogP contribution in [0, 0.1) is 6.92 Å². The van der Waals surface area contributed by atoms with Gasteiger partial charge >= 0.3 is 0 Å². The molecule has 24 heavy (non-hydrogen) atoms. The monoisotopic (exact) mass is 359 g/mol. The fraction of sp³-hybridized carbons (Fsp3) is 0.200. The standard InChI is InChI=1S/C15H13N5O2S2/c1-9-10(5-6-21-9)13-17-19-15(20(13)2)24-8-12-16-18-14(22-12)11-4-3-7-23-11/h3-7H,8H2,1-2H3. The number of thiophene rings is 1. The molecule has 4 heterocycles. The van der Waals surface area contributed by atoms with Gasteiger partial charge in [0.1, 0.15) is 5.76 Å². The smallest absolute Gasteiger partial charge is 0.257 e. The molecule has 4 rings (SSSR count). The minimum Gasteiger partial charge on any atom is -0.469 e. The van der Waals surface area contributed by atoms with Gasteiger partial charge < -0.3 is 13.4 Å². The average Bonchev–Trinajstić information content (AvgIpc) is 3.33. The Hall–Kier alpha value is -2.39. The molecule has 0 unspecified atom stereocenters. The molecule has 4 aromatic heterocycles. The molecule has 0 N–H and O–H groups in total. The van der Waals surface area contributed by atoms with Crippen molar-refractivity contribution in [2.45, 2.75) is 17.8 Å². The maximum atomic E-state index is 5.68. The van der Waals surface area contributed by atoms with Gasteiger partial charge in [0, 0.05) is 7.05 Å². The molecule has 0 atom stereocenters. The molecule has 0 aliphatic heterocycles. The Morgan fingerprint density at radius 3 is 2.88 bits per heavy atom. The van der Waals surface area contributed by atoms with E-state index in [1.54, 1.807) is 17.6 Å². The number of aromatic nitrogens is 5.